The third-order valence-corrected chi connectivity index (χ3v) is 4.88. The van der Waals surface area contributed by atoms with Crippen molar-refractivity contribution >= 4 is 46.4 Å². The van der Waals surface area contributed by atoms with Gasteiger partial charge in [-0.3, -0.25) is 14.5 Å². The highest BCUT2D eigenvalue weighted by molar-refractivity contribution is 6.35. The Hall–Kier alpha value is -2.08. The fourth-order valence-electron chi connectivity index (χ4n) is 2.51. The molecule has 0 saturated heterocycles. The van der Waals surface area contributed by atoms with Crippen LogP contribution in [0.5, 0.6) is 0 Å². The molecule has 0 fully saturated rings. The number of rotatable bonds is 6. The van der Waals surface area contributed by atoms with E-state index in [1.807, 2.05) is 32.0 Å². The van der Waals surface area contributed by atoms with Crippen molar-refractivity contribution in [1.29, 1.82) is 0 Å². The average molecular weight is 408 g/mol. The number of hydrogen-bond acceptors (Lipinski definition) is 3. The van der Waals surface area contributed by atoms with Gasteiger partial charge in [-0.2, -0.15) is 0 Å². The SMILES string of the molecule is Cc1cccc(NC(=O)CN(C)[C@H](C)C(=O)Nc2cc(Cl)cc(Cl)c2)c1C. The zero-order valence-corrected chi connectivity index (χ0v) is 17.3. The molecule has 0 aliphatic heterocycles. The Kier molecular flexibility index (Phi) is 7.25. The van der Waals surface area contributed by atoms with E-state index in [0.717, 1.165) is 16.8 Å². The summed E-state index contributed by atoms with van der Waals surface area (Å²) in [6.07, 6.45) is 0. The molecular formula is C20H23Cl2N3O2. The minimum atomic E-state index is -0.521. The van der Waals surface area contributed by atoms with Crippen molar-refractivity contribution in [3.63, 3.8) is 0 Å². The lowest BCUT2D eigenvalue weighted by Gasteiger charge is -2.23. The first-order valence-corrected chi connectivity index (χ1v) is 9.26. The van der Waals surface area contributed by atoms with Gasteiger partial charge in [0.15, 0.2) is 0 Å². The molecule has 0 aliphatic carbocycles. The van der Waals surface area contributed by atoms with Gasteiger partial charge in [0.25, 0.3) is 0 Å². The number of nitrogens with zero attached hydrogens (tertiary/aromatic N) is 1. The maximum absolute atomic E-state index is 12.4. The molecule has 0 radical (unpaired) electrons. The van der Waals surface area contributed by atoms with Gasteiger partial charge in [-0.05, 0) is 63.2 Å². The van der Waals surface area contributed by atoms with Gasteiger partial charge in [-0.15, -0.1) is 0 Å². The predicted octanol–water partition coefficient (Wildman–Crippen LogP) is 4.51. The molecule has 144 valence electrons. The van der Waals surface area contributed by atoms with Crippen LogP contribution in [0, 0.1) is 13.8 Å². The smallest absolute Gasteiger partial charge is 0.241 e. The second-order valence-corrected chi connectivity index (χ2v) is 7.41. The Balaban J connectivity index is 1.95. The van der Waals surface area contributed by atoms with E-state index >= 15 is 0 Å². The Bertz CT molecular complexity index is 835. The molecule has 7 heteroatoms. The Labute approximate surface area is 169 Å². The number of aryl methyl sites for hydroxylation is 1. The fourth-order valence-corrected chi connectivity index (χ4v) is 3.04. The van der Waals surface area contributed by atoms with Crippen molar-refractivity contribution in [3.05, 3.63) is 57.6 Å². The quantitative estimate of drug-likeness (QED) is 0.740. The maximum Gasteiger partial charge on any atom is 0.241 e. The summed E-state index contributed by atoms with van der Waals surface area (Å²) in [5.74, 6) is -0.438. The number of carbonyl (C=O) groups excluding carboxylic acids is 2. The topological polar surface area (TPSA) is 61.4 Å². The molecule has 0 aromatic heterocycles. The van der Waals surface area contributed by atoms with E-state index in [4.69, 9.17) is 23.2 Å². The highest BCUT2D eigenvalue weighted by Crippen LogP contribution is 2.23. The normalized spacial score (nSPS) is 12.0. The number of hydrogen-bond donors (Lipinski definition) is 2. The molecule has 27 heavy (non-hydrogen) atoms. The van der Waals surface area contributed by atoms with Crippen molar-refractivity contribution < 1.29 is 9.59 Å². The molecule has 2 rings (SSSR count). The molecule has 0 unspecified atom stereocenters. The fraction of sp³-hybridized carbons (Fsp3) is 0.300. The largest absolute Gasteiger partial charge is 0.325 e. The second kappa shape index (κ2) is 9.22. The molecule has 0 aliphatic rings. The third kappa shape index (κ3) is 5.96. The van der Waals surface area contributed by atoms with E-state index in [1.54, 1.807) is 37.1 Å². The van der Waals surface area contributed by atoms with Gasteiger partial charge in [0, 0.05) is 21.4 Å². The lowest BCUT2D eigenvalue weighted by atomic mass is 10.1. The van der Waals surface area contributed by atoms with Crippen molar-refractivity contribution in [3.8, 4) is 0 Å². The Morgan fingerprint density at radius 2 is 1.70 bits per heavy atom. The zero-order valence-electron chi connectivity index (χ0n) is 15.8. The van der Waals surface area contributed by atoms with Crippen molar-refractivity contribution in [2.24, 2.45) is 0 Å². The summed E-state index contributed by atoms with van der Waals surface area (Å²) in [5.41, 5.74) is 3.42. The first kappa shape index (κ1) is 21.2. The molecule has 0 bridgehead atoms. The van der Waals surface area contributed by atoms with Crippen LogP contribution in [0.1, 0.15) is 18.1 Å². The molecule has 2 amide bonds. The van der Waals surface area contributed by atoms with E-state index in [1.165, 1.54) is 0 Å². The van der Waals surface area contributed by atoms with Crippen LogP contribution < -0.4 is 10.6 Å². The van der Waals surface area contributed by atoms with Crippen molar-refractivity contribution in [2.45, 2.75) is 26.8 Å². The lowest BCUT2D eigenvalue weighted by Crippen LogP contribution is -2.43. The van der Waals surface area contributed by atoms with Crippen LogP contribution in [0.4, 0.5) is 11.4 Å². The summed E-state index contributed by atoms with van der Waals surface area (Å²) >= 11 is 11.9. The zero-order chi connectivity index (χ0) is 20.1. The van der Waals surface area contributed by atoms with Gasteiger partial charge in [-0.1, -0.05) is 35.3 Å². The first-order valence-electron chi connectivity index (χ1n) is 8.50. The van der Waals surface area contributed by atoms with E-state index < -0.39 is 6.04 Å². The Morgan fingerprint density at radius 3 is 2.33 bits per heavy atom. The highest BCUT2D eigenvalue weighted by Gasteiger charge is 2.21. The monoisotopic (exact) mass is 407 g/mol. The summed E-state index contributed by atoms with van der Waals surface area (Å²) in [4.78, 5) is 26.5. The van der Waals surface area contributed by atoms with E-state index in [2.05, 4.69) is 10.6 Å². The van der Waals surface area contributed by atoms with Crippen molar-refractivity contribution in [2.75, 3.05) is 24.2 Å². The van der Waals surface area contributed by atoms with E-state index in [9.17, 15) is 9.59 Å². The van der Waals surface area contributed by atoms with Crippen molar-refractivity contribution in [1.82, 2.24) is 4.90 Å². The molecule has 0 heterocycles. The number of benzene rings is 2. The van der Waals surface area contributed by atoms with Crippen LogP contribution in [0.25, 0.3) is 0 Å². The number of likely N-dealkylation sites (N-methyl/N-ethyl adjacent to an activating group) is 1. The number of nitrogens with one attached hydrogen (secondary N) is 2. The van der Waals surface area contributed by atoms with Gasteiger partial charge in [0.2, 0.25) is 11.8 Å². The molecule has 2 aromatic carbocycles. The molecule has 1 atom stereocenters. The van der Waals surface area contributed by atoms with Crippen LogP contribution in [0.15, 0.2) is 36.4 Å². The minimum Gasteiger partial charge on any atom is -0.325 e. The number of anilines is 2. The molecule has 2 aromatic rings. The first-order chi connectivity index (χ1) is 12.7. The van der Waals surface area contributed by atoms with Gasteiger partial charge in [0.1, 0.15) is 0 Å². The van der Waals surface area contributed by atoms with Crippen LogP contribution in [-0.4, -0.2) is 36.3 Å². The summed E-state index contributed by atoms with van der Waals surface area (Å²) in [5, 5.41) is 6.53. The standard InChI is InChI=1S/C20H23Cl2N3O2/c1-12-6-5-7-18(13(12)2)24-19(26)11-25(4)14(3)20(27)23-17-9-15(21)8-16(22)10-17/h5-10,14H,11H2,1-4H3,(H,23,27)(H,24,26)/t14-/m1/s1. The minimum absolute atomic E-state index is 0.0816. The van der Waals surface area contributed by atoms with Crippen LogP contribution in [0.3, 0.4) is 0 Å². The summed E-state index contributed by atoms with van der Waals surface area (Å²) in [6, 6.07) is 10.0. The highest BCUT2D eigenvalue weighted by atomic mass is 35.5. The predicted molar refractivity (Wildman–Crippen MR) is 112 cm³/mol. The van der Waals surface area contributed by atoms with Gasteiger partial charge < -0.3 is 10.6 Å². The van der Waals surface area contributed by atoms with Crippen LogP contribution >= 0.6 is 23.2 Å². The molecule has 0 spiro atoms. The summed E-state index contributed by atoms with van der Waals surface area (Å²) in [7, 11) is 1.72. The molecule has 5 nitrogen and oxygen atoms in total. The van der Waals surface area contributed by atoms with Gasteiger partial charge in [-0.25, -0.2) is 0 Å². The number of amides is 2. The Morgan fingerprint density at radius 1 is 1.07 bits per heavy atom. The average Bonchev–Trinajstić information content (AvgIpc) is 2.57. The van der Waals surface area contributed by atoms with Crippen LogP contribution in [0.2, 0.25) is 10.0 Å². The van der Waals surface area contributed by atoms with Crippen LogP contribution in [-0.2, 0) is 9.59 Å². The third-order valence-electron chi connectivity index (χ3n) is 4.44. The molecule has 0 saturated carbocycles. The van der Waals surface area contributed by atoms with Gasteiger partial charge in [0.05, 0.1) is 12.6 Å². The van der Waals surface area contributed by atoms with E-state index in [-0.39, 0.29) is 18.4 Å². The summed E-state index contributed by atoms with van der Waals surface area (Å²) < 4.78 is 0. The van der Waals surface area contributed by atoms with Gasteiger partial charge >= 0.3 is 0 Å². The lowest BCUT2D eigenvalue weighted by molar-refractivity contribution is -0.122. The van der Waals surface area contributed by atoms with E-state index in [0.29, 0.717) is 15.7 Å². The number of halogens is 2. The maximum atomic E-state index is 12.4. The second-order valence-electron chi connectivity index (χ2n) is 6.53. The number of carbonyl (C=O) groups is 2. The molecule has 2 N–H and O–H groups in total. The summed E-state index contributed by atoms with van der Waals surface area (Å²) in [6.45, 7) is 5.76. The molecular weight excluding hydrogens is 385 g/mol.